The molecule has 0 saturated heterocycles. The van der Waals surface area contributed by atoms with Crippen LogP contribution in [-0.2, 0) is 19.1 Å². The number of unbranched alkanes of at least 4 members (excludes halogenated alkanes) is 5. The Kier molecular flexibility index (Phi) is 9.64. The van der Waals surface area contributed by atoms with Crippen molar-refractivity contribution >= 4 is 11.9 Å². The minimum atomic E-state index is -0.712. The molecule has 0 aromatic rings. The third kappa shape index (κ3) is 8.56. The number of ether oxygens (including phenoxy) is 2. The molecule has 0 unspecified atom stereocenters. The van der Waals surface area contributed by atoms with E-state index in [1.165, 1.54) is 19.3 Å². The quantitative estimate of drug-likeness (QED) is 0.260. The molecule has 0 heterocycles. The lowest BCUT2D eigenvalue weighted by atomic mass is 10.1. The molecular formula is C14H22O4. The van der Waals surface area contributed by atoms with Gasteiger partial charge in [-0.25, -0.2) is 9.59 Å². The summed E-state index contributed by atoms with van der Waals surface area (Å²) in [5, 5.41) is 0. The maximum Gasteiger partial charge on any atom is 0.373 e. The highest BCUT2D eigenvalue weighted by Gasteiger charge is 2.12. The predicted octanol–water partition coefficient (Wildman–Crippen LogP) is 3.13. The van der Waals surface area contributed by atoms with Gasteiger partial charge in [0.25, 0.3) is 0 Å². The van der Waals surface area contributed by atoms with E-state index in [2.05, 4.69) is 24.8 Å². The van der Waals surface area contributed by atoms with Gasteiger partial charge in [-0.1, -0.05) is 45.6 Å². The lowest BCUT2D eigenvalue weighted by Crippen LogP contribution is -2.13. The Morgan fingerprint density at radius 3 is 2.33 bits per heavy atom. The van der Waals surface area contributed by atoms with E-state index in [0.717, 1.165) is 25.3 Å². The van der Waals surface area contributed by atoms with Crippen LogP contribution in [0.3, 0.4) is 0 Å². The van der Waals surface area contributed by atoms with Gasteiger partial charge in [0.05, 0.1) is 6.61 Å². The first-order valence-electron chi connectivity index (χ1n) is 6.32. The normalized spacial score (nSPS) is 9.61. The molecule has 0 radical (unpaired) electrons. The zero-order valence-electron chi connectivity index (χ0n) is 11.1. The van der Waals surface area contributed by atoms with Gasteiger partial charge in [0, 0.05) is 6.08 Å². The van der Waals surface area contributed by atoms with Crippen LogP contribution in [0.4, 0.5) is 0 Å². The van der Waals surface area contributed by atoms with Crippen molar-refractivity contribution in [3.63, 3.8) is 0 Å². The maximum absolute atomic E-state index is 11.3. The van der Waals surface area contributed by atoms with Crippen molar-refractivity contribution in [3.05, 3.63) is 25.0 Å². The van der Waals surface area contributed by atoms with Crippen molar-refractivity contribution < 1.29 is 19.1 Å². The van der Waals surface area contributed by atoms with E-state index in [4.69, 9.17) is 4.74 Å². The lowest BCUT2D eigenvalue weighted by Gasteiger charge is -2.06. The third-order valence-electron chi connectivity index (χ3n) is 2.35. The Morgan fingerprint density at radius 2 is 1.72 bits per heavy atom. The van der Waals surface area contributed by atoms with Gasteiger partial charge in [0.15, 0.2) is 0 Å². The minimum absolute atomic E-state index is 0.300. The Bertz CT molecular complexity index is 294. The number of carbonyl (C=O) groups is 2. The molecule has 0 saturated carbocycles. The summed E-state index contributed by atoms with van der Waals surface area (Å²) >= 11 is 0. The molecule has 0 bridgehead atoms. The standard InChI is InChI=1S/C14H22O4/c1-4-6-7-8-9-10-11-17-14(16)12(3)18-13(15)5-2/h5H,2-4,6-11H2,1H3. The second kappa shape index (κ2) is 10.6. The molecule has 0 spiro atoms. The van der Waals surface area contributed by atoms with Gasteiger partial charge < -0.3 is 9.47 Å². The van der Waals surface area contributed by atoms with Crippen LogP contribution in [0.5, 0.6) is 0 Å². The van der Waals surface area contributed by atoms with E-state index >= 15 is 0 Å². The first kappa shape index (κ1) is 16.4. The summed E-state index contributed by atoms with van der Waals surface area (Å²) in [4.78, 5) is 22.1. The van der Waals surface area contributed by atoms with Crippen LogP contribution in [0.2, 0.25) is 0 Å². The van der Waals surface area contributed by atoms with E-state index in [0.29, 0.717) is 6.61 Å². The SMILES string of the molecule is C=CC(=O)OC(=C)C(=O)OCCCCCCCC. The van der Waals surface area contributed by atoms with Crippen LogP contribution in [0.1, 0.15) is 45.4 Å². The fraction of sp³-hybridized carbons (Fsp3) is 0.571. The summed E-state index contributed by atoms with van der Waals surface area (Å²) < 4.78 is 9.45. The first-order chi connectivity index (χ1) is 8.61. The molecule has 0 aliphatic carbocycles. The number of carbonyl (C=O) groups excluding carboxylic acids is 2. The van der Waals surface area contributed by atoms with Gasteiger partial charge in [-0.2, -0.15) is 0 Å². The monoisotopic (exact) mass is 254 g/mol. The first-order valence-corrected chi connectivity index (χ1v) is 6.32. The molecule has 0 fully saturated rings. The molecular weight excluding hydrogens is 232 g/mol. The van der Waals surface area contributed by atoms with Gasteiger partial charge in [-0.15, -0.1) is 0 Å². The summed E-state index contributed by atoms with van der Waals surface area (Å²) in [6.45, 7) is 9.03. The Morgan fingerprint density at radius 1 is 1.11 bits per heavy atom. The van der Waals surface area contributed by atoms with Gasteiger partial charge in [0.2, 0.25) is 5.76 Å². The van der Waals surface area contributed by atoms with E-state index in [1.54, 1.807) is 0 Å². The molecule has 4 nitrogen and oxygen atoms in total. The molecule has 0 N–H and O–H groups in total. The van der Waals surface area contributed by atoms with Crippen molar-refractivity contribution in [1.29, 1.82) is 0 Å². The van der Waals surface area contributed by atoms with E-state index < -0.39 is 11.9 Å². The molecule has 0 rings (SSSR count). The highest BCUT2D eigenvalue weighted by molar-refractivity contribution is 5.91. The van der Waals surface area contributed by atoms with Gasteiger partial charge in [0.1, 0.15) is 0 Å². The van der Waals surface area contributed by atoms with Gasteiger partial charge >= 0.3 is 11.9 Å². The zero-order valence-corrected chi connectivity index (χ0v) is 11.1. The van der Waals surface area contributed by atoms with Gasteiger partial charge in [-0.05, 0) is 13.0 Å². The Balaban J connectivity index is 3.55. The fourth-order valence-electron chi connectivity index (χ4n) is 1.33. The van der Waals surface area contributed by atoms with Crippen molar-refractivity contribution in [3.8, 4) is 0 Å². The summed E-state index contributed by atoms with van der Waals surface area (Å²) in [7, 11) is 0. The van der Waals surface area contributed by atoms with Crippen molar-refractivity contribution in [2.75, 3.05) is 6.61 Å². The number of esters is 2. The third-order valence-corrected chi connectivity index (χ3v) is 2.35. The molecule has 102 valence electrons. The highest BCUT2D eigenvalue weighted by atomic mass is 16.6. The van der Waals surface area contributed by atoms with Crippen LogP contribution in [0.25, 0.3) is 0 Å². The number of hydrogen-bond donors (Lipinski definition) is 0. The second-order valence-electron chi connectivity index (χ2n) is 3.95. The lowest BCUT2D eigenvalue weighted by molar-refractivity contribution is -0.149. The van der Waals surface area contributed by atoms with E-state index in [9.17, 15) is 9.59 Å². The highest BCUT2D eigenvalue weighted by Crippen LogP contribution is 2.06. The molecule has 4 heteroatoms. The smallest absolute Gasteiger partial charge is 0.373 e. The molecule has 0 aromatic heterocycles. The molecule has 0 aliphatic rings. The topological polar surface area (TPSA) is 52.6 Å². The average Bonchev–Trinajstić information content (AvgIpc) is 2.37. The molecule has 0 aromatic carbocycles. The van der Waals surface area contributed by atoms with Crippen LogP contribution in [-0.4, -0.2) is 18.5 Å². The van der Waals surface area contributed by atoms with Gasteiger partial charge in [-0.3, -0.25) is 0 Å². The van der Waals surface area contributed by atoms with Crippen LogP contribution >= 0.6 is 0 Å². The number of hydrogen-bond acceptors (Lipinski definition) is 4. The molecule has 0 amide bonds. The Labute approximate surface area is 109 Å². The van der Waals surface area contributed by atoms with E-state index in [1.807, 2.05) is 0 Å². The Hall–Kier alpha value is -1.58. The fourth-order valence-corrected chi connectivity index (χ4v) is 1.33. The van der Waals surface area contributed by atoms with Crippen molar-refractivity contribution in [1.82, 2.24) is 0 Å². The zero-order chi connectivity index (χ0) is 13.8. The summed E-state index contributed by atoms with van der Waals surface area (Å²) in [6.07, 6.45) is 7.64. The molecule has 0 atom stereocenters. The minimum Gasteiger partial charge on any atom is -0.460 e. The van der Waals surface area contributed by atoms with Crippen LogP contribution < -0.4 is 0 Å². The van der Waals surface area contributed by atoms with Crippen LogP contribution in [0, 0.1) is 0 Å². The van der Waals surface area contributed by atoms with Crippen molar-refractivity contribution in [2.45, 2.75) is 45.4 Å². The molecule has 18 heavy (non-hydrogen) atoms. The van der Waals surface area contributed by atoms with Crippen molar-refractivity contribution in [2.24, 2.45) is 0 Å². The maximum atomic E-state index is 11.3. The number of rotatable bonds is 10. The summed E-state index contributed by atoms with van der Waals surface area (Å²) in [5.74, 6) is -1.71. The largest absolute Gasteiger partial charge is 0.460 e. The predicted molar refractivity (Wildman–Crippen MR) is 69.8 cm³/mol. The average molecular weight is 254 g/mol. The van der Waals surface area contributed by atoms with Crippen LogP contribution in [0.15, 0.2) is 25.0 Å². The van der Waals surface area contributed by atoms with E-state index in [-0.39, 0.29) is 5.76 Å². The summed E-state index contributed by atoms with van der Waals surface area (Å²) in [5.41, 5.74) is 0. The summed E-state index contributed by atoms with van der Waals surface area (Å²) in [6, 6.07) is 0. The second-order valence-corrected chi connectivity index (χ2v) is 3.95. The molecule has 0 aliphatic heterocycles.